The third-order valence-corrected chi connectivity index (χ3v) is 7.38. The second-order valence-corrected chi connectivity index (χ2v) is 9.41. The minimum absolute atomic E-state index is 0.617. The van der Waals surface area contributed by atoms with E-state index in [4.69, 9.17) is 9.97 Å². The van der Waals surface area contributed by atoms with E-state index in [1.54, 1.807) is 0 Å². The molecule has 2 fully saturated rings. The number of pyridine rings is 2. The maximum Gasteiger partial charge on any atom is 0.0550 e. The first-order chi connectivity index (χ1) is 15.8. The molecule has 2 saturated heterocycles. The summed E-state index contributed by atoms with van der Waals surface area (Å²) in [5, 5.41) is 5.02. The van der Waals surface area contributed by atoms with Crippen LogP contribution < -0.4 is 0 Å². The standard InChI is InChI=1S/C28H30N4/c1-3-9-23-17-29-25(15-21(23)7-1)19-31-13-5-11-27(31)28-12-6-14-32(28)20-26-16-22-8-2-4-10-24(22)18-30-26/h1-4,7-10,15-18,27-28H,5-6,11-14,19-20H2/t27-,28?/m0/s1. The Balaban J connectivity index is 1.19. The van der Waals surface area contributed by atoms with Crippen molar-refractivity contribution in [3.8, 4) is 0 Å². The molecule has 1 unspecified atom stereocenters. The second-order valence-electron chi connectivity index (χ2n) is 9.41. The first-order valence-electron chi connectivity index (χ1n) is 12.0. The van der Waals surface area contributed by atoms with Crippen LogP contribution in [-0.2, 0) is 13.1 Å². The largest absolute Gasteiger partial charge is 0.293 e. The molecule has 0 amide bonds. The highest BCUT2D eigenvalue weighted by Gasteiger charge is 2.37. The molecule has 2 aliphatic heterocycles. The van der Waals surface area contributed by atoms with Gasteiger partial charge in [0.1, 0.15) is 0 Å². The molecule has 4 aromatic rings. The van der Waals surface area contributed by atoms with Crippen LogP contribution in [0.4, 0.5) is 0 Å². The van der Waals surface area contributed by atoms with Gasteiger partial charge in [0.25, 0.3) is 0 Å². The van der Waals surface area contributed by atoms with Crippen molar-refractivity contribution in [1.82, 2.24) is 19.8 Å². The predicted octanol–water partition coefficient (Wildman–Crippen LogP) is 5.41. The highest BCUT2D eigenvalue weighted by molar-refractivity contribution is 5.82. The molecule has 2 aromatic heterocycles. The number of benzene rings is 2. The van der Waals surface area contributed by atoms with E-state index in [1.165, 1.54) is 71.7 Å². The van der Waals surface area contributed by atoms with Gasteiger partial charge < -0.3 is 0 Å². The monoisotopic (exact) mass is 422 g/mol. The topological polar surface area (TPSA) is 32.3 Å². The lowest BCUT2D eigenvalue weighted by Gasteiger charge is -2.35. The number of hydrogen-bond acceptors (Lipinski definition) is 4. The lowest BCUT2D eigenvalue weighted by atomic mass is 10.0. The minimum atomic E-state index is 0.617. The smallest absolute Gasteiger partial charge is 0.0550 e. The molecular formula is C28H30N4. The fraction of sp³-hybridized carbons (Fsp3) is 0.357. The highest BCUT2D eigenvalue weighted by atomic mass is 15.3. The van der Waals surface area contributed by atoms with Crippen molar-refractivity contribution >= 4 is 21.5 Å². The molecule has 4 heterocycles. The molecule has 6 rings (SSSR count). The summed E-state index contributed by atoms with van der Waals surface area (Å²) in [4.78, 5) is 14.9. The average Bonchev–Trinajstić information content (AvgIpc) is 3.48. The maximum absolute atomic E-state index is 4.78. The zero-order valence-corrected chi connectivity index (χ0v) is 18.5. The molecule has 0 radical (unpaired) electrons. The number of rotatable bonds is 5. The number of hydrogen-bond donors (Lipinski definition) is 0. The zero-order chi connectivity index (χ0) is 21.3. The molecule has 32 heavy (non-hydrogen) atoms. The van der Waals surface area contributed by atoms with Crippen LogP contribution in [0.5, 0.6) is 0 Å². The van der Waals surface area contributed by atoms with Gasteiger partial charge in [0.15, 0.2) is 0 Å². The Labute approximate surface area is 189 Å². The molecule has 0 saturated carbocycles. The van der Waals surface area contributed by atoms with E-state index in [0.717, 1.165) is 13.1 Å². The van der Waals surface area contributed by atoms with Gasteiger partial charge in [-0.15, -0.1) is 0 Å². The Bertz CT molecular complexity index is 1140. The Kier molecular flexibility index (Phi) is 5.34. The third kappa shape index (κ3) is 3.89. The van der Waals surface area contributed by atoms with Crippen LogP contribution in [0.1, 0.15) is 37.1 Å². The molecule has 2 aliphatic rings. The molecule has 0 bridgehead atoms. The summed E-state index contributed by atoms with van der Waals surface area (Å²) in [5.41, 5.74) is 2.38. The van der Waals surface area contributed by atoms with E-state index < -0.39 is 0 Å². The van der Waals surface area contributed by atoms with Crippen molar-refractivity contribution in [2.24, 2.45) is 0 Å². The van der Waals surface area contributed by atoms with Gasteiger partial charge in [-0.1, -0.05) is 48.5 Å². The first kappa shape index (κ1) is 19.8. The molecule has 0 N–H and O–H groups in total. The third-order valence-electron chi connectivity index (χ3n) is 7.38. The molecule has 2 atom stereocenters. The van der Waals surface area contributed by atoms with Crippen LogP contribution in [0.25, 0.3) is 21.5 Å². The summed E-state index contributed by atoms with van der Waals surface area (Å²) >= 11 is 0. The van der Waals surface area contributed by atoms with Crippen LogP contribution in [0.2, 0.25) is 0 Å². The van der Waals surface area contributed by atoms with Gasteiger partial charge in [-0.05, 0) is 61.7 Å². The number of likely N-dealkylation sites (tertiary alicyclic amines) is 2. The lowest BCUT2D eigenvalue weighted by Crippen LogP contribution is -2.45. The van der Waals surface area contributed by atoms with Gasteiger partial charge in [-0.25, -0.2) is 0 Å². The summed E-state index contributed by atoms with van der Waals surface area (Å²) in [6, 6.07) is 22.8. The van der Waals surface area contributed by atoms with Crippen molar-refractivity contribution < 1.29 is 0 Å². The van der Waals surface area contributed by atoms with E-state index in [2.05, 4.69) is 70.5 Å². The molecule has 0 aliphatic carbocycles. The van der Waals surface area contributed by atoms with Crippen LogP contribution in [0.15, 0.2) is 73.1 Å². The Hall–Kier alpha value is -2.82. The van der Waals surface area contributed by atoms with E-state index in [-0.39, 0.29) is 0 Å². The summed E-state index contributed by atoms with van der Waals surface area (Å²) in [7, 11) is 0. The van der Waals surface area contributed by atoms with E-state index in [9.17, 15) is 0 Å². The summed E-state index contributed by atoms with van der Waals surface area (Å²) in [6.07, 6.45) is 9.22. The van der Waals surface area contributed by atoms with Gasteiger partial charge in [0, 0.05) is 48.3 Å². The normalized spacial score (nSPS) is 22.2. The zero-order valence-electron chi connectivity index (χ0n) is 18.5. The highest BCUT2D eigenvalue weighted by Crippen LogP contribution is 2.32. The van der Waals surface area contributed by atoms with Crippen molar-refractivity contribution in [2.45, 2.75) is 50.9 Å². The van der Waals surface area contributed by atoms with Crippen molar-refractivity contribution in [3.63, 3.8) is 0 Å². The average molecular weight is 423 g/mol. The van der Waals surface area contributed by atoms with Gasteiger partial charge >= 0.3 is 0 Å². The lowest BCUT2D eigenvalue weighted by molar-refractivity contribution is 0.122. The fourth-order valence-electron chi connectivity index (χ4n) is 5.82. The first-order valence-corrected chi connectivity index (χ1v) is 12.0. The quantitative estimate of drug-likeness (QED) is 0.430. The van der Waals surface area contributed by atoms with E-state index in [0.29, 0.717) is 12.1 Å². The SMILES string of the molecule is c1ccc2cc(CN3CCCC3[C@@H]3CCCN3Cc3cc4ccccc4cn3)ncc2c1. The van der Waals surface area contributed by atoms with Crippen molar-refractivity contribution in [1.29, 1.82) is 0 Å². The van der Waals surface area contributed by atoms with Crippen LogP contribution in [0, 0.1) is 0 Å². The van der Waals surface area contributed by atoms with Gasteiger partial charge in [0.05, 0.1) is 11.4 Å². The molecule has 2 aromatic carbocycles. The van der Waals surface area contributed by atoms with Crippen LogP contribution >= 0.6 is 0 Å². The molecule has 162 valence electrons. The molecule has 4 heteroatoms. The Morgan fingerprint density at radius 2 is 1.06 bits per heavy atom. The summed E-state index contributed by atoms with van der Waals surface area (Å²) < 4.78 is 0. The molecule has 4 nitrogen and oxygen atoms in total. The summed E-state index contributed by atoms with van der Waals surface area (Å²) in [5.74, 6) is 0. The van der Waals surface area contributed by atoms with E-state index >= 15 is 0 Å². The predicted molar refractivity (Wildman–Crippen MR) is 130 cm³/mol. The van der Waals surface area contributed by atoms with Gasteiger partial charge in [-0.2, -0.15) is 0 Å². The van der Waals surface area contributed by atoms with Crippen molar-refractivity contribution in [2.75, 3.05) is 13.1 Å². The molecular weight excluding hydrogens is 392 g/mol. The van der Waals surface area contributed by atoms with Gasteiger partial charge in [0.2, 0.25) is 0 Å². The second kappa shape index (κ2) is 8.61. The Morgan fingerprint density at radius 3 is 1.53 bits per heavy atom. The fourth-order valence-corrected chi connectivity index (χ4v) is 5.82. The van der Waals surface area contributed by atoms with Crippen LogP contribution in [0.3, 0.4) is 0 Å². The van der Waals surface area contributed by atoms with Crippen LogP contribution in [-0.4, -0.2) is 44.9 Å². The van der Waals surface area contributed by atoms with Gasteiger partial charge in [-0.3, -0.25) is 19.8 Å². The maximum atomic E-state index is 4.78. The summed E-state index contributed by atoms with van der Waals surface area (Å²) in [6.45, 7) is 4.26. The minimum Gasteiger partial charge on any atom is -0.293 e. The Morgan fingerprint density at radius 1 is 0.625 bits per heavy atom. The number of fused-ring (bicyclic) bond motifs is 2. The number of aromatic nitrogens is 2. The number of nitrogens with zero attached hydrogens (tertiary/aromatic N) is 4. The molecule has 0 spiro atoms. The van der Waals surface area contributed by atoms with E-state index in [1.807, 2.05) is 12.4 Å². The van der Waals surface area contributed by atoms with Crippen molar-refractivity contribution in [3.05, 3.63) is 84.4 Å².